The summed E-state index contributed by atoms with van der Waals surface area (Å²) >= 11 is 0. The SMILES string of the molecule is CCN(CC)c1ccc(O)c(/C=N/NC(=O)OC)c1. The Hall–Kier alpha value is -2.24. The van der Waals surface area contributed by atoms with E-state index in [0.717, 1.165) is 18.8 Å². The molecule has 6 heteroatoms. The molecule has 0 aliphatic carbocycles. The van der Waals surface area contributed by atoms with Crippen LogP contribution in [0.1, 0.15) is 19.4 Å². The first-order valence-corrected chi connectivity index (χ1v) is 6.07. The molecule has 0 atom stereocenters. The summed E-state index contributed by atoms with van der Waals surface area (Å²) in [6, 6.07) is 5.26. The number of phenolic OH excluding ortho intramolecular Hbond substituents is 1. The van der Waals surface area contributed by atoms with Crippen LogP contribution >= 0.6 is 0 Å². The van der Waals surface area contributed by atoms with E-state index in [-0.39, 0.29) is 5.75 Å². The molecule has 2 N–H and O–H groups in total. The van der Waals surface area contributed by atoms with Gasteiger partial charge >= 0.3 is 6.09 Å². The molecule has 6 nitrogen and oxygen atoms in total. The minimum atomic E-state index is -0.657. The predicted molar refractivity (Wildman–Crippen MR) is 74.8 cm³/mol. The second-order valence-electron chi connectivity index (χ2n) is 3.78. The Morgan fingerprint density at radius 2 is 2.16 bits per heavy atom. The Morgan fingerprint density at radius 3 is 2.74 bits per heavy atom. The van der Waals surface area contributed by atoms with Gasteiger partial charge in [0.15, 0.2) is 0 Å². The molecule has 0 radical (unpaired) electrons. The normalized spacial score (nSPS) is 10.5. The Kier molecular flexibility index (Phi) is 5.66. The van der Waals surface area contributed by atoms with Crippen molar-refractivity contribution in [1.29, 1.82) is 0 Å². The van der Waals surface area contributed by atoms with E-state index < -0.39 is 6.09 Å². The van der Waals surface area contributed by atoms with Gasteiger partial charge in [0.1, 0.15) is 5.75 Å². The molecule has 104 valence electrons. The van der Waals surface area contributed by atoms with Gasteiger partial charge in [-0.15, -0.1) is 0 Å². The molecule has 1 amide bonds. The number of carbonyl (C=O) groups excluding carboxylic acids is 1. The second-order valence-corrected chi connectivity index (χ2v) is 3.78. The van der Waals surface area contributed by atoms with Crippen LogP contribution < -0.4 is 10.3 Å². The van der Waals surface area contributed by atoms with E-state index >= 15 is 0 Å². The summed E-state index contributed by atoms with van der Waals surface area (Å²) in [5.41, 5.74) is 3.69. The highest BCUT2D eigenvalue weighted by Gasteiger charge is 2.05. The maximum atomic E-state index is 10.8. The Balaban J connectivity index is 2.88. The zero-order chi connectivity index (χ0) is 14.3. The summed E-state index contributed by atoms with van der Waals surface area (Å²) in [4.78, 5) is 13.0. The van der Waals surface area contributed by atoms with E-state index in [1.54, 1.807) is 6.07 Å². The van der Waals surface area contributed by atoms with Gasteiger partial charge < -0.3 is 14.7 Å². The van der Waals surface area contributed by atoms with Gasteiger partial charge in [0.25, 0.3) is 0 Å². The van der Waals surface area contributed by atoms with Crippen molar-refractivity contribution >= 4 is 18.0 Å². The molecule has 19 heavy (non-hydrogen) atoms. The second kappa shape index (κ2) is 7.25. The van der Waals surface area contributed by atoms with Crippen molar-refractivity contribution in [3.05, 3.63) is 23.8 Å². The fourth-order valence-corrected chi connectivity index (χ4v) is 1.63. The summed E-state index contributed by atoms with van der Waals surface area (Å²) in [7, 11) is 1.25. The number of benzene rings is 1. The number of nitrogens with one attached hydrogen (secondary N) is 1. The Bertz CT molecular complexity index is 456. The zero-order valence-electron chi connectivity index (χ0n) is 11.4. The van der Waals surface area contributed by atoms with Crippen LogP contribution in [0.5, 0.6) is 5.75 Å². The number of phenols is 1. The van der Waals surface area contributed by atoms with Crippen molar-refractivity contribution in [2.75, 3.05) is 25.1 Å². The third kappa shape index (κ3) is 4.17. The lowest BCUT2D eigenvalue weighted by Gasteiger charge is -2.21. The number of hydrogen-bond acceptors (Lipinski definition) is 5. The van der Waals surface area contributed by atoms with Crippen LogP contribution in [0.4, 0.5) is 10.5 Å². The van der Waals surface area contributed by atoms with Crippen LogP contribution in [-0.2, 0) is 4.74 Å². The minimum absolute atomic E-state index is 0.103. The summed E-state index contributed by atoms with van der Waals surface area (Å²) in [6.45, 7) is 5.86. The molecule has 0 saturated carbocycles. The van der Waals surface area contributed by atoms with Gasteiger partial charge in [-0.3, -0.25) is 0 Å². The lowest BCUT2D eigenvalue weighted by atomic mass is 10.2. The van der Waals surface area contributed by atoms with Crippen molar-refractivity contribution in [2.45, 2.75) is 13.8 Å². The molecule has 0 heterocycles. The molecular weight excluding hydrogens is 246 g/mol. The molecule has 0 spiro atoms. The molecule has 0 bridgehead atoms. The zero-order valence-corrected chi connectivity index (χ0v) is 11.4. The van der Waals surface area contributed by atoms with Gasteiger partial charge in [-0.05, 0) is 32.0 Å². The van der Waals surface area contributed by atoms with Gasteiger partial charge in [0, 0.05) is 24.3 Å². The number of ether oxygens (including phenoxy) is 1. The molecule has 0 saturated heterocycles. The van der Waals surface area contributed by atoms with Crippen LogP contribution in [0.15, 0.2) is 23.3 Å². The number of rotatable bonds is 5. The summed E-state index contributed by atoms with van der Waals surface area (Å²) in [5, 5.41) is 13.4. The lowest BCUT2D eigenvalue weighted by Crippen LogP contribution is -2.21. The van der Waals surface area contributed by atoms with Gasteiger partial charge in [-0.25, -0.2) is 10.2 Å². The van der Waals surface area contributed by atoms with E-state index in [1.807, 2.05) is 12.1 Å². The molecule has 0 aliphatic rings. The monoisotopic (exact) mass is 265 g/mol. The number of hydrazone groups is 1. The van der Waals surface area contributed by atoms with Crippen LogP contribution in [0, 0.1) is 0 Å². The highest BCUT2D eigenvalue weighted by Crippen LogP contribution is 2.22. The molecule has 0 aromatic heterocycles. The third-order valence-corrected chi connectivity index (χ3v) is 2.68. The largest absolute Gasteiger partial charge is 0.507 e. The molecule has 0 aliphatic heterocycles. The Labute approximate surface area is 112 Å². The number of methoxy groups -OCH3 is 1. The number of amides is 1. The molecule has 1 aromatic carbocycles. The fraction of sp³-hybridized carbons (Fsp3) is 0.385. The van der Waals surface area contributed by atoms with Gasteiger partial charge in [0.05, 0.1) is 13.3 Å². The molecule has 0 unspecified atom stereocenters. The van der Waals surface area contributed by atoms with Crippen molar-refractivity contribution in [1.82, 2.24) is 5.43 Å². The van der Waals surface area contributed by atoms with E-state index in [1.165, 1.54) is 13.3 Å². The van der Waals surface area contributed by atoms with Crippen molar-refractivity contribution in [3.63, 3.8) is 0 Å². The first-order chi connectivity index (χ1) is 9.12. The first-order valence-electron chi connectivity index (χ1n) is 6.07. The lowest BCUT2D eigenvalue weighted by molar-refractivity contribution is 0.171. The van der Waals surface area contributed by atoms with Crippen LogP contribution in [0.25, 0.3) is 0 Å². The summed E-state index contributed by atoms with van der Waals surface area (Å²) < 4.78 is 4.38. The highest BCUT2D eigenvalue weighted by molar-refractivity contribution is 5.86. The first kappa shape index (κ1) is 14.8. The van der Waals surface area contributed by atoms with E-state index in [4.69, 9.17) is 0 Å². The van der Waals surface area contributed by atoms with E-state index in [2.05, 4.69) is 34.0 Å². The maximum Gasteiger partial charge on any atom is 0.427 e. The Morgan fingerprint density at radius 1 is 1.47 bits per heavy atom. The minimum Gasteiger partial charge on any atom is -0.507 e. The average Bonchev–Trinajstić information content (AvgIpc) is 2.43. The third-order valence-electron chi connectivity index (χ3n) is 2.68. The predicted octanol–water partition coefficient (Wildman–Crippen LogP) is 1.93. The molecular formula is C13H19N3O3. The van der Waals surface area contributed by atoms with Crippen molar-refractivity contribution in [2.24, 2.45) is 5.10 Å². The number of carbonyl (C=O) groups is 1. The van der Waals surface area contributed by atoms with Gasteiger partial charge in [0.2, 0.25) is 0 Å². The van der Waals surface area contributed by atoms with Crippen LogP contribution in [0.2, 0.25) is 0 Å². The molecule has 1 aromatic rings. The van der Waals surface area contributed by atoms with Crippen LogP contribution in [-0.4, -0.2) is 37.6 Å². The molecule has 0 fully saturated rings. The number of hydrogen-bond donors (Lipinski definition) is 2. The quantitative estimate of drug-likeness (QED) is 0.630. The van der Waals surface area contributed by atoms with Gasteiger partial charge in [-0.1, -0.05) is 0 Å². The summed E-state index contributed by atoms with van der Waals surface area (Å²) in [5.74, 6) is 0.103. The number of anilines is 1. The smallest absolute Gasteiger partial charge is 0.427 e. The maximum absolute atomic E-state index is 10.8. The van der Waals surface area contributed by atoms with Crippen molar-refractivity contribution < 1.29 is 14.6 Å². The fourth-order valence-electron chi connectivity index (χ4n) is 1.63. The highest BCUT2D eigenvalue weighted by atomic mass is 16.5. The van der Waals surface area contributed by atoms with Crippen molar-refractivity contribution in [3.8, 4) is 5.75 Å². The van der Waals surface area contributed by atoms with E-state index in [0.29, 0.717) is 5.56 Å². The summed E-state index contributed by atoms with van der Waals surface area (Å²) in [6.07, 6.45) is 0.717. The average molecular weight is 265 g/mol. The van der Waals surface area contributed by atoms with E-state index in [9.17, 15) is 9.90 Å². The van der Waals surface area contributed by atoms with Crippen LogP contribution in [0.3, 0.4) is 0 Å². The number of aromatic hydroxyl groups is 1. The standard InChI is InChI=1S/C13H19N3O3/c1-4-16(5-2)11-6-7-12(17)10(8-11)9-14-15-13(18)19-3/h6-9,17H,4-5H2,1-3H3,(H,15,18)/b14-9+. The van der Waals surface area contributed by atoms with Gasteiger partial charge in [-0.2, -0.15) is 5.10 Å². The number of nitrogens with zero attached hydrogens (tertiary/aromatic N) is 2. The molecule has 1 rings (SSSR count). The topological polar surface area (TPSA) is 74.2 Å².